The van der Waals surface area contributed by atoms with Crippen LogP contribution in [0, 0.1) is 0 Å². The SMILES string of the molecule is CCS(=O)Nc1ccc(OC(C)(C)C(O)CN2CCNCC2)cc1. The highest BCUT2D eigenvalue weighted by atomic mass is 32.2. The second-order valence-electron chi connectivity index (χ2n) is 6.53. The van der Waals surface area contributed by atoms with E-state index in [0.717, 1.165) is 31.9 Å². The molecule has 6 nitrogen and oxygen atoms in total. The highest BCUT2D eigenvalue weighted by Gasteiger charge is 2.31. The molecule has 0 bridgehead atoms. The Hall–Kier alpha value is -1.15. The standard InChI is InChI=1S/C17H29N3O3S/c1-4-24(22)19-14-5-7-15(8-6-14)23-17(2,3)16(21)13-20-11-9-18-10-12-20/h5-8,16,18-19,21H,4,9-13H2,1-3H3. The molecule has 1 fully saturated rings. The number of nitrogens with one attached hydrogen (secondary N) is 2. The molecule has 1 saturated heterocycles. The minimum atomic E-state index is -1.06. The van der Waals surface area contributed by atoms with Gasteiger partial charge >= 0.3 is 0 Å². The van der Waals surface area contributed by atoms with Gasteiger partial charge in [-0.05, 0) is 38.1 Å². The van der Waals surface area contributed by atoms with Gasteiger partial charge in [0.25, 0.3) is 0 Å². The van der Waals surface area contributed by atoms with E-state index in [1.165, 1.54) is 0 Å². The van der Waals surface area contributed by atoms with Gasteiger partial charge in [0.15, 0.2) is 0 Å². The molecule has 0 aliphatic carbocycles. The van der Waals surface area contributed by atoms with E-state index < -0.39 is 22.7 Å². The number of hydrogen-bond donors (Lipinski definition) is 3. The number of β-amino-alcohol motifs (C(OH)–C–C–N with tert-alkyl or cyclic N) is 1. The molecule has 2 atom stereocenters. The molecule has 2 unspecified atom stereocenters. The Morgan fingerprint density at radius 3 is 2.54 bits per heavy atom. The van der Waals surface area contributed by atoms with Crippen molar-refractivity contribution in [3.63, 3.8) is 0 Å². The number of nitrogens with zero attached hydrogens (tertiary/aromatic N) is 1. The van der Waals surface area contributed by atoms with Gasteiger partial charge in [-0.3, -0.25) is 4.90 Å². The maximum absolute atomic E-state index is 11.5. The quantitative estimate of drug-likeness (QED) is 0.654. The minimum Gasteiger partial charge on any atom is -0.485 e. The summed E-state index contributed by atoms with van der Waals surface area (Å²) in [5, 5.41) is 13.9. The summed E-state index contributed by atoms with van der Waals surface area (Å²) in [4.78, 5) is 2.25. The first-order valence-electron chi connectivity index (χ1n) is 8.46. The molecule has 136 valence electrons. The van der Waals surface area contributed by atoms with E-state index in [1.54, 1.807) is 0 Å². The van der Waals surface area contributed by atoms with Crippen molar-refractivity contribution in [1.29, 1.82) is 0 Å². The average molecular weight is 356 g/mol. The summed E-state index contributed by atoms with van der Waals surface area (Å²) < 4.78 is 20.4. The summed E-state index contributed by atoms with van der Waals surface area (Å²) >= 11 is 0. The van der Waals surface area contributed by atoms with Gasteiger partial charge in [-0.15, -0.1) is 0 Å². The summed E-state index contributed by atoms with van der Waals surface area (Å²) in [5.41, 5.74) is 0.105. The van der Waals surface area contributed by atoms with E-state index in [1.807, 2.05) is 45.0 Å². The van der Waals surface area contributed by atoms with Gasteiger partial charge in [-0.25, -0.2) is 4.21 Å². The van der Waals surface area contributed by atoms with Crippen molar-refractivity contribution < 1.29 is 14.1 Å². The molecule has 7 heteroatoms. The highest BCUT2D eigenvalue weighted by molar-refractivity contribution is 7.86. The molecular weight excluding hydrogens is 326 g/mol. The Kier molecular flexibility index (Phi) is 7.03. The summed E-state index contributed by atoms with van der Waals surface area (Å²) in [6.07, 6.45) is -0.582. The number of piperazine rings is 1. The van der Waals surface area contributed by atoms with E-state index in [0.29, 0.717) is 18.0 Å². The molecule has 2 rings (SSSR count). The second kappa shape index (κ2) is 8.80. The number of anilines is 1. The normalized spacial score (nSPS) is 18.8. The van der Waals surface area contributed by atoms with Crippen molar-refractivity contribution in [3.8, 4) is 5.75 Å². The van der Waals surface area contributed by atoms with Gasteiger partial charge in [-0.2, -0.15) is 0 Å². The first-order chi connectivity index (χ1) is 11.4. The fraction of sp³-hybridized carbons (Fsp3) is 0.647. The average Bonchev–Trinajstić information content (AvgIpc) is 2.57. The van der Waals surface area contributed by atoms with E-state index in [-0.39, 0.29) is 0 Å². The molecule has 1 aromatic carbocycles. The lowest BCUT2D eigenvalue weighted by Gasteiger charge is -2.36. The molecule has 0 radical (unpaired) electrons. The maximum atomic E-state index is 11.5. The van der Waals surface area contributed by atoms with Crippen LogP contribution in [0.1, 0.15) is 20.8 Å². The van der Waals surface area contributed by atoms with Gasteiger partial charge in [0.2, 0.25) is 0 Å². The fourth-order valence-corrected chi connectivity index (χ4v) is 3.07. The van der Waals surface area contributed by atoms with Crippen molar-refractivity contribution in [1.82, 2.24) is 10.2 Å². The smallest absolute Gasteiger partial charge is 0.130 e. The first kappa shape index (κ1) is 19.2. The number of hydrogen-bond acceptors (Lipinski definition) is 5. The van der Waals surface area contributed by atoms with Gasteiger partial charge in [0.1, 0.15) is 28.4 Å². The lowest BCUT2D eigenvalue weighted by Crippen LogP contribution is -2.52. The van der Waals surface area contributed by atoms with Gasteiger partial charge in [-0.1, -0.05) is 6.92 Å². The molecule has 0 amide bonds. The van der Waals surface area contributed by atoms with Crippen LogP contribution in [0.25, 0.3) is 0 Å². The van der Waals surface area contributed by atoms with Crippen LogP contribution in [-0.4, -0.2) is 64.4 Å². The molecule has 24 heavy (non-hydrogen) atoms. The Morgan fingerprint density at radius 1 is 1.33 bits per heavy atom. The predicted octanol–water partition coefficient (Wildman–Crippen LogP) is 1.21. The summed E-state index contributed by atoms with van der Waals surface area (Å²) in [6.45, 7) is 10.1. The summed E-state index contributed by atoms with van der Waals surface area (Å²) in [6, 6.07) is 7.33. The maximum Gasteiger partial charge on any atom is 0.130 e. The molecule has 1 aromatic rings. The number of benzene rings is 1. The molecule has 3 N–H and O–H groups in total. The van der Waals surface area contributed by atoms with Crippen molar-refractivity contribution in [2.24, 2.45) is 0 Å². The number of ether oxygens (including phenoxy) is 1. The van der Waals surface area contributed by atoms with Crippen LogP contribution >= 0.6 is 0 Å². The first-order valence-corrected chi connectivity index (χ1v) is 9.78. The number of aliphatic hydroxyl groups excluding tert-OH is 1. The van der Waals surface area contributed by atoms with Crippen molar-refractivity contribution in [3.05, 3.63) is 24.3 Å². The van der Waals surface area contributed by atoms with E-state index in [4.69, 9.17) is 4.74 Å². The molecule has 0 saturated carbocycles. The molecule has 1 heterocycles. The largest absolute Gasteiger partial charge is 0.485 e. The van der Waals surface area contributed by atoms with Gasteiger partial charge < -0.3 is 19.9 Å². The zero-order valence-corrected chi connectivity index (χ0v) is 15.6. The third-order valence-corrected chi connectivity index (χ3v) is 5.16. The van der Waals surface area contributed by atoms with E-state index in [9.17, 15) is 9.32 Å². The van der Waals surface area contributed by atoms with Crippen LogP contribution in [0.5, 0.6) is 5.75 Å². The van der Waals surface area contributed by atoms with Crippen LogP contribution in [0.15, 0.2) is 24.3 Å². The summed E-state index contributed by atoms with van der Waals surface area (Å²) in [5.74, 6) is 1.25. The number of aliphatic hydroxyl groups is 1. The highest BCUT2D eigenvalue weighted by Crippen LogP contribution is 2.24. The van der Waals surface area contributed by atoms with Crippen molar-refractivity contribution in [2.75, 3.05) is 43.2 Å². The number of rotatable bonds is 8. The second-order valence-corrected chi connectivity index (χ2v) is 8.01. The zero-order chi connectivity index (χ0) is 17.6. The molecule has 1 aliphatic heterocycles. The van der Waals surface area contributed by atoms with Crippen LogP contribution in [0.3, 0.4) is 0 Å². The zero-order valence-electron chi connectivity index (χ0n) is 14.7. The topological polar surface area (TPSA) is 73.8 Å². The fourth-order valence-electron chi connectivity index (χ4n) is 2.52. The predicted molar refractivity (Wildman–Crippen MR) is 98.8 cm³/mol. The van der Waals surface area contributed by atoms with Gasteiger partial charge in [0.05, 0.1) is 0 Å². The molecule has 1 aliphatic rings. The van der Waals surface area contributed by atoms with Gasteiger partial charge in [0, 0.05) is 44.2 Å². The Balaban J connectivity index is 1.90. The van der Waals surface area contributed by atoms with Crippen molar-refractivity contribution >= 4 is 16.7 Å². The third kappa shape index (κ3) is 5.73. The van der Waals surface area contributed by atoms with Crippen LogP contribution in [0.4, 0.5) is 5.69 Å². The van der Waals surface area contributed by atoms with Crippen LogP contribution in [-0.2, 0) is 11.0 Å². The lowest BCUT2D eigenvalue weighted by atomic mass is 10.0. The molecule has 0 aromatic heterocycles. The third-order valence-electron chi connectivity index (χ3n) is 4.17. The molecule has 0 spiro atoms. The minimum absolute atomic E-state index is 0.559. The van der Waals surface area contributed by atoms with Crippen LogP contribution in [0.2, 0.25) is 0 Å². The molecular formula is C17H29N3O3S. The Bertz CT molecular complexity index is 530. The van der Waals surface area contributed by atoms with Crippen molar-refractivity contribution in [2.45, 2.75) is 32.5 Å². The summed E-state index contributed by atoms with van der Waals surface area (Å²) in [7, 11) is -1.06. The Labute approximate surface area is 147 Å². The Morgan fingerprint density at radius 2 is 1.96 bits per heavy atom. The monoisotopic (exact) mass is 355 g/mol. The van der Waals surface area contributed by atoms with E-state index >= 15 is 0 Å². The van der Waals surface area contributed by atoms with Crippen LogP contribution < -0.4 is 14.8 Å². The van der Waals surface area contributed by atoms with E-state index in [2.05, 4.69) is 14.9 Å². The lowest BCUT2D eigenvalue weighted by molar-refractivity contribution is -0.0455.